The molecule has 3 nitrogen and oxygen atoms in total. The number of carbonyl (C=O) groups is 1. The Morgan fingerprint density at radius 3 is 1.67 bits per heavy atom. The molecule has 0 aromatic rings. The van der Waals surface area contributed by atoms with Crippen LogP contribution in [0.2, 0.25) is 0 Å². The number of carbonyl (C=O) groups excluding carboxylic acids is 1. The summed E-state index contributed by atoms with van der Waals surface area (Å²) in [4.78, 5) is 8.89. The molecular formula is C2H6NNaO2. The number of carboxylic acid groups (broad SMARTS) is 1. The fraction of sp³-hybridized carbons (Fsp3) is 0.500. The van der Waals surface area contributed by atoms with Crippen LogP contribution in [-0.4, -0.2) is 5.97 Å². The van der Waals surface area contributed by atoms with Gasteiger partial charge in [0, 0.05) is 5.97 Å². The van der Waals surface area contributed by atoms with Gasteiger partial charge in [-0.15, -0.1) is 0 Å². The Morgan fingerprint density at radius 1 is 1.67 bits per heavy atom. The van der Waals surface area contributed by atoms with E-state index in [0.717, 1.165) is 6.92 Å². The number of carboxylic acids is 1. The van der Waals surface area contributed by atoms with Gasteiger partial charge in [0.2, 0.25) is 0 Å². The molecule has 0 aliphatic carbocycles. The molecule has 0 saturated heterocycles. The SMILES string of the molecule is CC(=O)[O-].N.[Na+]. The Labute approximate surface area is 58.6 Å². The van der Waals surface area contributed by atoms with Gasteiger partial charge in [-0.1, -0.05) is 0 Å². The summed E-state index contributed by atoms with van der Waals surface area (Å²) < 4.78 is 0. The molecule has 32 valence electrons. The van der Waals surface area contributed by atoms with Crippen molar-refractivity contribution < 1.29 is 39.5 Å². The maximum absolute atomic E-state index is 8.89. The molecule has 0 aliphatic rings. The van der Waals surface area contributed by atoms with E-state index < -0.39 is 5.97 Å². The third-order valence-corrected chi connectivity index (χ3v) is 0. The summed E-state index contributed by atoms with van der Waals surface area (Å²) in [5, 5.41) is 8.89. The normalized spacial score (nSPS) is 4.17. The van der Waals surface area contributed by atoms with E-state index in [1.165, 1.54) is 0 Å². The van der Waals surface area contributed by atoms with E-state index in [9.17, 15) is 0 Å². The monoisotopic (exact) mass is 99.0 g/mol. The zero-order valence-electron chi connectivity index (χ0n) is 4.02. The largest absolute Gasteiger partial charge is 1.00 e. The number of aliphatic carboxylic acids is 1. The molecule has 0 rings (SSSR count). The first-order valence-corrected chi connectivity index (χ1v) is 0.908. The summed E-state index contributed by atoms with van der Waals surface area (Å²) in [6.45, 7) is 0.972. The molecule has 0 saturated carbocycles. The molecule has 6 heavy (non-hydrogen) atoms. The maximum Gasteiger partial charge on any atom is 1.00 e. The predicted octanol–water partition coefficient (Wildman–Crippen LogP) is -4.08. The van der Waals surface area contributed by atoms with E-state index >= 15 is 0 Å². The third kappa shape index (κ3) is 282. The minimum atomic E-state index is -1.08. The average molecular weight is 99.1 g/mol. The summed E-state index contributed by atoms with van der Waals surface area (Å²) in [6, 6.07) is 0. The second-order valence-electron chi connectivity index (χ2n) is 0.492. The maximum atomic E-state index is 8.89. The topological polar surface area (TPSA) is 75.1 Å². The Bertz CT molecular complexity index is 34.5. The van der Waals surface area contributed by atoms with Crippen molar-refractivity contribution in [1.29, 1.82) is 0 Å². The van der Waals surface area contributed by atoms with Crippen molar-refractivity contribution >= 4 is 5.97 Å². The third-order valence-electron chi connectivity index (χ3n) is 0. The van der Waals surface area contributed by atoms with Gasteiger partial charge in [0.1, 0.15) is 0 Å². The van der Waals surface area contributed by atoms with Crippen molar-refractivity contribution in [3.05, 3.63) is 0 Å². The number of hydrogen-bond acceptors (Lipinski definition) is 3. The molecule has 0 atom stereocenters. The summed E-state index contributed by atoms with van der Waals surface area (Å²) >= 11 is 0. The minimum absolute atomic E-state index is 0. The van der Waals surface area contributed by atoms with E-state index in [1.54, 1.807) is 0 Å². The van der Waals surface area contributed by atoms with Crippen molar-refractivity contribution in [3.63, 3.8) is 0 Å². The van der Waals surface area contributed by atoms with Gasteiger partial charge in [-0.2, -0.15) is 0 Å². The number of rotatable bonds is 0. The molecule has 0 radical (unpaired) electrons. The van der Waals surface area contributed by atoms with Crippen molar-refractivity contribution in [1.82, 2.24) is 6.15 Å². The Hall–Kier alpha value is 0.430. The van der Waals surface area contributed by atoms with Crippen molar-refractivity contribution in [2.75, 3.05) is 0 Å². The predicted molar refractivity (Wildman–Crippen MR) is 15.7 cm³/mol. The first-order chi connectivity index (χ1) is 1.73. The molecule has 0 fully saturated rings. The van der Waals surface area contributed by atoms with E-state index in [1.807, 2.05) is 0 Å². The van der Waals surface area contributed by atoms with Crippen LogP contribution >= 0.6 is 0 Å². The van der Waals surface area contributed by atoms with Crippen LogP contribution in [0.5, 0.6) is 0 Å². The summed E-state index contributed by atoms with van der Waals surface area (Å²) in [5.41, 5.74) is 0. The van der Waals surface area contributed by atoms with Gasteiger partial charge in [-0.25, -0.2) is 0 Å². The van der Waals surface area contributed by atoms with Gasteiger partial charge in [0.25, 0.3) is 0 Å². The van der Waals surface area contributed by atoms with E-state index in [2.05, 4.69) is 0 Å². The van der Waals surface area contributed by atoms with Crippen LogP contribution in [0.15, 0.2) is 0 Å². The van der Waals surface area contributed by atoms with Gasteiger partial charge in [-0.3, -0.25) is 0 Å². The molecule has 0 aromatic carbocycles. The van der Waals surface area contributed by atoms with Gasteiger partial charge < -0.3 is 16.1 Å². The van der Waals surface area contributed by atoms with Crippen LogP contribution < -0.4 is 40.8 Å². The van der Waals surface area contributed by atoms with E-state index in [-0.39, 0.29) is 35.7 Å². The van der Waals surface area contributed by atoms with Crippen molar-refractivity contribution in [2.45, 2.75) is 6.92 Å². The van der Waals surface area contributed by atoms with Crippen molar-refractivity contribution in [3.8, 4) is 0 Å². The second kappa shape index (κ2) is 9.06. The summed E-state index contributed by atoms with van der Waals surface area (Å²) in [5.74, 6) is -1.08. The molecule has 0 amide bonds. The van der Waals surface area contributed by atoms with Crippen LogP contribution in [0.3, 0.4) is 0 Å². The molecule has 3 N–H and O–H groups in total. The van der Waals surface area contributed by atoms with Gasteiger partial charge in [0.15, 0.2) is 0 Å². The fourth-order valence-corrected chi connectivity index (χ4v) is 0. The molecule has 0 spiro atoms. The molecular weight excluding hydrogens is 93.0 g/mol. The van der Waals surface area contributed by atoms with E-state index in [4.69, 9.17) is 9.90 Å². The Balaban J connectivity index is -0.0000000450. The first kappa shape index (κ1) is 16.1. The van der Waals surface area contributed by atoms with Gasteiger partial charge >= 0.3 is 29.6 Å². The van der Waals surface area contributed by atoms with Crippen molar-refractivity contribution in [2.24, 2.45) is 0 Å². The summed E-state index contributed by atoms with van der Waals surface area (Å²) in [6.07, 6.45) is 0. The van der Waals surface area contributed by atoms with Gasteiger partial charge in [0.05, 0.1) is 0 Å². The van der Waals surface area contributed by atoms with Crippen LogP contribution in [0.25, 0.3) is 0 Å². The first-order valence-electron chi connectivity index (χ1n) is 0.908. The second-order valence-corrected chi connectivity index (χ2v) is 0.492. The summed E-state index contributed by atoms with van der Waals surface area (Å²) in [7, 11) is 0. The molecule has 0 bridgehead atoms. The molecule has 0 heterocycles. The van der Waals surface area contributed by atoms with Crippen LogP contribution in [0.4, 0.5) is 0 Å². The zero-order chi connectivity index (χ0) is 3.58. The molecule has 0 unspecified atom stereocenters. The molecule has 4 heteroatoms. The Morgan fingerprint density at radius 2 is 1.67 bits per heavy atom. The number of hydrogen-bond donors (Lipinski definition) is 1. The van der Waals surface area contributed by atoms with Gasteiger partial charge in [-0.05, 0) is 6.92 Å². The minimum Gasteiger partial charge on any atom is -0.550 e. The quantitative estimate of drug-likeness (QED) is 0.314. The molecule has 0 aliphatic heterocycles. The van der Waals surface area contributed by atoms with Crippen LogP contribution in [0, 0.1) is 0 Å². The van der Waals surface area contributed by atoms with E-state index in [0.29, 0.717) is 0 Å². The average Bonchev–Trinajstić information content (AvgIpc) is 0.811. The Kier molecular flexibility index (Phi) is 24.3. The fourth-order valence-electron chi connectivity index (χ4n) is 0. The molecule has 0 aromatic heterocycles. The van der Waals surface area contributed by atoms with Crippen LogP contribution in [0.1, 0.15) is 6.92 Å². The van der Waals surface area contributed by atoms with Crippen LogP contribution in [-0.2, 0) is 4.79 Å². The standard InChI is InChI=1S/C2H4O2.H3N.Na/c1-2(3)4;;/h1H3,(H,3,4);1H3;/q;;+1/p-1. The smallest absolute Gasteiger partial charge is 0.550 e. The zero-order valence-corrected chi connectivity index (χ0v) is 6.02.